The molecular weight excluding hydrogens is 342 g/mol. The minimum absolute atomic E-state index is 0.0601. The fourth-order valence-corrected chi connectivity index (χ4v) is 3.01. The van der Waals surface area contributed by atoms with E-state index in [0.717, 1.165) is 0 Å². The van der Waals surface area contributed by atoms with Crippen molar-refractivity contribution in [2.75, 3.05) is 5.32 Å². The van der Waals surface area contributed by atoms with Crippen LogP contribution in [0.3, 0.4) is 0 Å². The zero-order valence-corrected chi connectivity index (χ0v) is 14.3. The van der Waals surface area contributed by atoms with Crippen molar-refractivity contribution < 1.29 is 15.0 Å². The summed E-state index contributed by atoms with van der Waals surface area (Å²) in [6.45, 7) is 0. The lowest BCUT2D eigenvalue weighted by Crippen LogP contribution is -2.39. The van der Waals surface area contributed by atoms with Crippen LogP contribution in [-0.4, -0.2) is 27.3 Å². The van der Waals surface area contributed by atoms with Gasteiger partial charge in [-0.25, -0.2) is 5.01 Å². The first-order valence-corrected chi connectivity index (χ1v) is 8.44. The zero-order chi connectivity index (χ0) is 18.8. The van der Waals surface area contributed by atoms with Crippen molar-refractivity contribution in [2.45, 2.75) is 6.17 Å². The molecule has 0 saturated heterocycles. The van der Waals surface area contributed by atoms with Crippen LogP contribution in [0.25, 0.3) is 0 Å². The molecule has 0 fully saturated rings. The van der Waals surface area contributed by atoms with Gasteiger partial charge in [-0.1, -0.05) is 42.5 Å². The van der Waals surface area contributed by atoms with Crippen molar-refractivity contribution >= 4 is 17.8 Å². The third-order valence-corrected chi connectivity index (χ3v) is 4.39. The number of nitrogens with zero attached hydrogens (tertiary/aromatic N) is 2. The Hall–Kier alpha value is -3.80. The fraction of sp³-hybridized carbons (Fsp3) is 0.0476. The van der Waals surface area contributed by atoms with Crippen LogP contribution in [0.1, 0.15) is 27.7 Å². The highest BCUT2D eigenvalue weighted by atomic mass is 16.3. The van der Waals surface area contributed by atoms with Gasteiger partial charge in [-0.2, -0.15) is 5.10 Å². The molecule has 3 aromatic rings. The first-order chi connectivity index (χ1) is 13.1. The van der Waals surface area contributed by atoms with Crippen molar-refractivity contribution in [2.24, 2.45) is 5.10 Å². The summed E-state index contributed by atoms with van der Waals surface area (Å²) in [5.41, 5.74) is 2.17. The van der Waals surface area contributed by atoms with E-state index in [-0.39, 0.29) is 17.4 Å². The molecule has 4 rings (SSSR count). The fourth-order valence-electron chi connectivity index (χ4n) is 3.01. The lowest BCUT2D eigenvalue weighted by molar-refractivity contribution is 0.0689. The van der Waals surface area contributed by atoms with Gasteiger partial charge < -0.3 is 15.5 Å². The number of anilines is 1. The molecule has 0 aromatic heterocycles. The highest BCUT2D eigenvalue weighted by Gasteiger charge is 2.34. The van der Waals surface area contributed by atoms with E-state index in [4.69, 9.17) is 0 Å². The lowest BCUT2D eigenvalue weighted by atomic mass is 10.0. The summed E-state index contributed by atoms with van der Waals surface area (Å²) < 4.78 is 0. The molecule has 134 valence electrons. The molecule has 27 heavy (non-hydrogen) atoms. The van der Waals surface area contributed by atoms with E-state index in [1.807, 2.05) is 12.1 Å². The number of carbonyl (C=O) groups excluding carboxylic acids is 1. The molecule has 0 saturated carbocycles. The smallest absolute Gasteiger partial charge is 0.278 e. The number of rotatable bonds is 3. The molecule has 1 amide bonds. The molecule has 0 bridgehead atoms. The maximum absolute atomic E-state index is 13.0. The van der Waals surface area contributed by atoms with Gasteiger partial charge in [-0.05, 0) is 30.3 Å². The van der Waals surface area contributed by atoms with Gasteiger partial charge in [-0.3, -0.25) is 4.79 Å². The van der Waals surface area contributed by atoms with E-state index in [1.165, 1.54) is 11.2 Å². The average molecular weight is 359 g/mol. The monoisotopic (exact) mass is 359 g/mol. The molecule has 0 spiro atoms. The van der Waals surface area contributed by atoms with E-state index in [1.54, 1.807) is 60.7 Å². The minimum atomic E-state index is -0.685. The predicted molar refractivity (Wildman–Crippen MR) is 103 cm³/mol. The van der Waals surface area contributed by atoms with Crippen molar-refractivity contribution in [3.05, 3.63) is 89.5 Å². The van der Waals surface area contributed by atoms with E-state index in [9.17, 15) is 15.0 Å². The van der Waals surface area contributed by atoms with Crippen LogP contribution in [-0.2, 0) is 0 Å². The van der Waals surface area contributed by atoms with Crippen molar-refractivity contribution in [1.29, 1.82) is 0 Å². The number of carbonyl (C=O) groups is 1. The van der Waals surface area contributed by atoms with E-state index in [0.29, 0.717) is 22.4 Å². The highest BCUT2D eigenvalue weighted by Crippen LogP contribution is 2.36. The van der Waals surface area contributed by atoms with Gasteiger partial charge in [0.25, 0.3) is 5.91 Å². The van der Waals surface area contributed by atoms with Crippen molar-refractivity contribution in [3.63, 3.8) is 0 Å². The second kappa shape index (κ2) is 6.84. The summed E-state index contributed by atoms with van der Waals surface area (Å²) in [6.07, 6.45) is 0.742. The van der Waals surface area contributed by atoms with Crippen LogP contribution in [0.2, 0.25) is 0 Å². The quantitative estimate of drug-likeness (QED) is 0.623. The third kappa shape index (κ3) is 3.08. The molecule has 1 aliphatic rings. The van der Waals surface area contributed by atoms with Crippen LogP contribution in [0.5, 0.6) is 11.5 Å². The van der Waals surface area contributed by atoms with Gasteiger partial charge in [0.1, 0.15) is 11.5 Å². The van der Waals surface area contributed by atoms with Gasteiger partial charge >= 0.3 is 0 Å². The van der Waals surface area contributed by atoms with Crippen LogP contribution in [0, 0.1) is 0 Å². The molecule has 0 aliphatic carbocycles. The Morgan fingerprint density at radius 1 is 0.889 bits per heavy atom. The SMILES string of the molecule is O=C1c2ccccc2N[C@@H](c2ccccc2O)N1/N=C/c1ccccc1O. The maximum Gasteiger partial charge on any atom is 0.278 e. The third-order valence-electron chi connectivity index (χ3n) is 4.39. The lowest BCUT2D eigenvalue weighted by Gasteiger charge is -2.34. The van der Waals surface area contributed by atoms with Gasteiger partial charge in [-0.15, -0.1) is 0 Å². The summed E-state index contributed by atoms with van der Waals surface area (Å²) in [5, 5.41) is 29.1. The summed E-state index contributed by atoms with van der Waals surface area (Å²) >= 11 is 0. The minimum Gasteiger partial charge on any atom is -0.508 e. The first-order valence-electron chi connectivity index (χ1n) is 8.44. The molecule has 1 aliphatic heterocycles. The Bertz CT molecular complexity index is 1030. The maximum atomic E-state index is 13.0. The number of benzene rings is 3. The van der Waals surface area contributed by atoms with Gasteiger partial charge in [0.2, 0.25) is 0 Å². The molecule has 0 radical (unpaired) electrons. The van der Waals surface area contributed by atoms with E-state index in [2.05, 4.69) is 10.4 Å². The number of phenolic OH excluding ortho intramolecular Hbond substituents is 2. The molecule has 3 N–H and O–H groups in total. The summed E-state index contributed by atoms with van der Waals surface area (Å²) in [5.74, 6) is -0.174. The average Bonchev–Trinajstić information content (AvgIpc) is 2.69. The number of hydrogen-bond donors (Lipinski definition) is 3. The number of hydrazone groups is 1. The van der Waals surface area contributed by atoms with Crippen LogP contribution < -0.4 is 5.32 Å². The zero-order valence-electron chi connectivity index (χ0n) is 14.3. The number of para-hydroxylation sites is 3. The topological polar surface area (TPSA) is 85.2 Å². The normalized spacial score (nSPS) is 16.2. The van der Waals surface area contributed by atoms with Crippen LogP contribution in [0.15, 0.2) is 77.9 Å². The summed E-state index contributed by atoms with van der Waals surface area (Å²) in [4.78, 5) is 13.0. The molecule has 6 nitrogen and oxygen atoms in total. The second-order valence-corrected chi connectivity index (χ2v) is 6.10. The van der Waals surface area contributed by atoms with E-state index < -0.39 is 6.17 Å². The summed E-state index contributed by atoms with van der Waals surface area (Å²) in [7, 11) is 0. The Morgan fingerprint density at radius 2 is 1.56 bits per heavy atom. The van der Waals surface area contributed by atoms with Gasteiger partial charge in [0.05, 0.1) is 11.8 Å². The van der Waals surface area contributed by atoms with Crippen molar-refractivity contribution in [3.8, 4) is 11.5 Å². The van der Waals surface area contributed by atoms with Gasteiger partial charge in [0, 0.05) is 16.8 Å². The predicted octanol–water partition coefficient (Wildman–Crippen LogP) is 3.70. The molecule has 0 unspecified atom stereocenters. The molecular formula is C21H17N3O3. The number of nitrogens with one attached hydrogen (secondary N) is 1. The Balaban J connectivity index is 1.79. The highest BCUT2D eigenvalue weighted by molar-refractivity contribution is 6.02. The molecule has 6 heteroatoms. The number of fused-ring (bicyclic) bond motifs is 1. The van der Waals surface area contributed by atoms with Crippen LogP contribution >= 0.6 is 0 Å². The largest absolute Gasteiger partial charge is 0.508 e. The number of aromatic hydroxyl groups is 2. The number of hydrogen-bond acceptors (Lipinski definition) is 5. The summed E-state index contributed by atoms with van der Waals surface area (Å²) in [6, 6.07) is 20.7. The number of phenols is 2. The number of amides is 1. The standard InChI is InChI=1S/C21H17N3O3/c25-18-11-5-1-7-14(18)13-22-24-20(16-9-3-6-12-19(16)26)23-17-10-4-2-8-15(17)21(24)27/h1-13,20,23,25-26H/b22-13+/t20-/m1/s1. The Morgan fingerprint density at radius 3 is 2.33 bits per heavy atom. The second-order valence-electron chi connectivity index (χ2n) is 6.10. The first kappa shape index (κ1) is 16.7. The Kier molecular flexibility index (Phi) is 4.22. The van der Waals surface area contributed by atoms with Crippen molar-refractivity contribution in [1.82, 2.24) is 5.01 Å². The Labute approximate surface area is 156 Å². The molecule has 3 aromatic carbocycles. The van der Waals surface area contributed by atoms with Gasteiger partial charge in [0.15, 0.2) is 6.17 Å². The molecule has 1 atom stereocenters. The molecule has 1 heterocycles. The van der Waals surface area contributed by atoms with Crippen LogP contribution in [0.4, 0.5) is 5.69 Å². The van der Waals surface area contributed by atoms with E-state index >= 15 is 0 Å².